The highest BCUT2D eigenvalue weighted by atomic mass is 16.1. The second-order valence-corrected chi connectivity index (χ2v) is 5.19. The van der Waals surface area contributed by atoms with Crippen molar-refractivity contribution in [1.29, 1.82) is 0 Å². The highest BCUT2D eigenvalue weighted by Gasteiger charge is 2.46. The van der Waals surface area contributed by atoms with Gasteiger partial charge in [0.2, 0.25) is 5.91 Å². The smallest absolute Gasteiger partial charge is 0.220 e. The van der Waals surface area contributed by atoms with Crippen molar-refractivity contribution in [3.63, 3.8) is 0 Å². The van der Waals surface area contributed by atoms with Crippen molar-refractivity contribution in [1.82, 2.24) is 5.32 Å². The van der Waals surface area contributed by atoms with E-state index < -0.39 is 0 Å². The quantitative estimate of drug-likeness (QED) is 0.658. The molecule has 0 aromatic carbocycles. The topological polar surface area (TPSA) is 29.1 Å². The van der Waals surface area contributed by atoms with Gasteiger partial charge >= 0.3 is 0 Å². The van der Waals surface area contributed by atoms with Gasteiger partial charge in [0.25, 0.3) is 0 Å². The molecular weight excluding hydrogens is 162 g/mol. The number of carbonyl (C=O) groups is 1. The van der Waals surface area contributed by atoms with Crippen molar-refractivity contribution in [2.24, 2.45) is 17.3 Å². The SMILES string of the molecule is CC(C)C1CC2(CCC(=O)NC2)C1. The minimum absolute atomic E-state index is 0.249. The summed E-state index contributed by atoms with van der Waals surface area (Å²) in [5, 5.41) is 3.00. The molecule has 2 nitrogen and oxygen atoms in total. The van der Waals surface area contributed by atoms with Crippen molar-refractivity contribution in [3.8, 4) is 0 Å². The molecule has 0 atom stereocenters. The number of hydrogen-bond donors (Lipinski definition) is 1. The molecule has 1 heterocycles. The lowest BCUT2D eigenvalue weighted by Gasteiger charge is -2.51. The molecule has 0 aromatic rings. The first kappa shape index (κ1) is 9.04. The Hall–Kier alpha value is -0.530. The summed E-state index contributed by atoms with van der Waals surface area (Å²) in [5.74, 6) is 1.98. The van der Waals surface area contributed by atoms with E-state index in [1.165, 1.54) is 12.8 Å². The van der Waals surface area contributed by atoms with E-state index in [0.29, 0.717) is 5.41 Å². The van der Waals surface area contributed by atoms with Crippen LogP contribution in [0.1, 0.15) is 39.5 Å². The molecule has 2 aliphatic rings. The molecule has 1 amide bonds. The molecule has 1 N–H and O–H groups in total. The predicted octanol–water partition coefficient (Wildman–Crippen LogP) is 1.95. The number of rotatable bonds is 1. The number of amides is 1. The second-order valence-electron chi connectivity index (χ2n) is 5.19. The van der Waals surface area contributed by atoms with E-state index in [1.807, 2.05) is 0 Å². The first-order valence-corrected chi connectivity index (χ1v) is 5.38. The Balaban J connectivity index is 1.86. The molecule has 2 fully saturated rings. The van der Waals surface area contributed by atoms with Crippen LogP contribution in [0.4, 0.5) is 0 Å². The van der Waals surface area contributed by atoms with Gasteiger partial charge < -0.3 is 5.32 Å². The van der Waals surface area contributed by atoms with Gasteiger partial charge in [-0.15, -0.1) is 0 Å². The molecule has 13 heavy (non-hydrogen) atoms. The van der Waals surface area contributed by atoms with Gasteiger partial charge in [-0.1, -0.05) is 13.8 Å². The molecular formula is C11H19NO. The average Bonchev–Trinajstić information content (AvgIpc) is 2.02. The first-order valence-electron chi connectivity index (χ1n) is 5.38. The Kier molecular flexibility index (Phi) is 2.09. The molecule has 1 aliphatic heterocycles. The predicted molar refractivity (Wildman–Crippen MR) is 52.2 cm³/mol. The normalized spacial score (nSPS) is 39.0. The molecule has 1 aliphatic carbocycles. The van der Waals surface area contributed by atoms with Crippen LogP contribution in [0, 0.1) is 17.3 Å². The fourth-order valence-corrected chi connectivity index (χ4v) is 2.71. The Morgan fingerprint density at radius 2 is 2.15 bits per heavy atom. The Morgan fingerprint density at radius 1 is 1.46 bits per heavy atom. The van der Waals surface area contributed by atoms with Crippen LogP contribution in [-0.4, -0.2) is 12.5 Å². The van der Waals surface area contributed by atoms with Gasteiger partial charge in [-0.2, -0.15) is 0 Å². The summed E-state index contributed by atoms with van der Waals surface area (Å²) < 4.78 is 0. The Bertz CT molecular complexity index is 204. The summed E-state index contributed by atoms with van der Waals surface area (Å²) in [6, 6.07) is 0. The maximum Gasteiger partial charge on any atom is 0.220 e. The average molecular weight is 181 g/mol. The minimum Gasteiger partial charge on any atom is -0.356 e. The van der Waals surface area contributed by atoms with E-state index in [1.54, 1.807) is 0 Å². The Labute approximate surface area is 80.1 Å². The fraction of sp³-hybridized carbons (Fsp3) is 0.909. The standard InChI is InChI=1S/C11H19NO/c1-8(2)9-5-11(6-9)4-3-10(13)12-7-11/h8-9H,3-7H2,1-2H3,(H,12,13). The Morgan fingerprint density at radius 3 is 2.62 bits per heavy atom. The summed E-state index contributed by atoms with van der Waals surface area (Å²) in [6.45, 7) is 5.55. The van der Waals surface area contributed by atoms with E-state index >= 15 is 0 Å². The molecule has 0 radical (unpaired) electrons. The number of piperidine rings is 1. The third kappa shape index (κ3) is 1.59. The van der Waals surface area contributed by atoms with Crippen LogP contribution < -0.4 is 5.32 Å². The summed E-state index contributed by atoms with van der Waals surface area (Å²) >= 11 is 0. The lowest BCUT2D eigenvalue weighted by Crippen LogP contribution is -2.51. The second kappa shape index (κ2) is 3.00. The minimum atomic E-state index is 0.249. The van der Waals surface area contributed by atoms with E-state index in [2.05, 4.69) is 19.2 Å². The van der Waals surface area contributed by atoms with Crippen LogP contribution in [0.3, 0.4) is 0 Å². The lowest BCUT2D eigenvalue weighted by molar-refractivity contribution is -0.127. The van der Waals surface area contributed by atoms with Crippen molar-refractivity contribution in [3.05, 3.63) is 0 Å². The van der Waals surface area contributed by atoms with Crippen molar-refractivity contribution in [2.45, 2.75) is 39.5 Å². The van der Waals surface area contributed by atoms with E-state index in [-0.39, 0.29) is 5.91 Å². The van der Waals surface area contributed by atoms with Crippen LogP contribution in [-0.2, 0) is 4.79 Å². The van der Waals surface area contributed by atoms with Crippen LogP contribution >= 0.6 is 0 Å². The zero-order valence-electron chi connectivity index (χ0n) is 8.60. The molecule has 0 unspecified atom stereocenters. The zero-order valence-corrected chi connectivity index (χ0v) is 8.60. The fourth-order valence-electron chi connectivity index (χ4n) is 2.71. The van der Waals surface area contributed by atoms with Crippen LogP contribution in [0.5, 0.6) is 0 Å². The summed E-state index contributed by atoms with van der Waals surface area (Å²) in [4.78, 5) is 11.0. The summed E-state index contributed by atoms with van der Waals surface area (Å²) in [7, 11) is 0. The molecule has 74 valence electrons. The van der Waals surface area contributed by atoms with Crippen molar-refractivity contribution < 1.29 is 4.79 Å². The molecule has 0 aromatic heterocycles. The summed E-state index contributed by atoms with van der Waals surface area (Å²) in [5.41, 5.74) is 0.503. The number of hydrogen-bond acceptors (Lipinski definition) is 1. The van der Waals surface area contributed by atoms with Gasteiger partial charge in [0.15, 0.2) is 0 Å². The van der Waals surface area contributed by atoms with Crippen molar-refractivity contribution >= 4 is 5.91 Å². The highest BCUT2D eigenvalue weighted by Crippen LogP contribution is 2.52. The van der Waals surface area contributed by atoms with E-state index in [9.17, 15) is 4.79 Å². The van der Waals surface area contributed by atoms with Gasteiger partial charge in [0.1, 0.15) is 0 Å². The maximum absolute atomic E-state index is 11.0. The summed E-state index contributed by atoms with van der Waals surface area (Å²) in [6.07, 6.45) is 4.56. The van der Waals surface area contributed by atoms with Crippen molar-refractivity contribution in [2.75, 3.05) is 6.54 Å². The van der Waals surface area contributed by atoms with Crippen LogP contribution in [0.2, 0.25) is 0 Å². The molecule has 1 saturated heterocycles. The van der Waals surface area contributed by atoms with Gasteiger partial charge in [-0.05, 0) is 36.5 Å². The van der Waals surface area contributed by atoms with Crippen LogP contribution in [0.15, 0.2) is 0 Å². The third-order valence-corrected chi connectivity index (χ3v) is 3.88. The zero-order chi connectivity index (χ0) is 9.47. The monoisotopic (exact) mass is 181 g/mol. The largest absolute Gasteiger partial charge is 0.356 e. The number of carbonyl (C=O) groups excluding carboxylic acids is 1. The van der Waals surface area contributed by atoms with E-state index in [4.69, 9.17) is 0 Å². The molecule has 2 heteroatoms. The maximum atomic E-state index is 11.0. The van der Waals surface area contributed by atoms with Gasteiger partial charge in [-0.3, -0.25) is 4.79 Å². The molecule has 1 saturated carbocycles. The highest BCUT2D eigenvalue weighted by molar-refractivity contribution is 5.76. The molecule has 1 spiro atoms. The lowest BCUT2D eigenvalue weighted by atomic mass is 9.56. The van der Waals surface area contributed by atoms with Gasteiger partial charge in [0.05, 0.1) is 0 Å². The van der Waals surface area contributed by atoms with E-state index in [0.717, 1.165) is 31.2 Å². The van der Waals surface area contributed by atoms with Crippen LogP contribution in [0.25, 0.3) is 0 Å². The van der Waals surface area contributed by atoms with Gasteiger partial charge in [0, 0.05) is 13.0 Å². The molecule has 2 rings (SSSR count). The number of nitrogens with one attached hydrogen (secondary N) is 1. The third-order valence-electron chi connectivity index (χ3n) is 3.88. The first-order chi connectivity index (χ1) is 6.11. The van der Waals surface area contributed by atoms with Gasteiger partial charge in [-0.25, -0.2) is 0 Å². The molecule has 0 bridgehead atoms.